The highest BCUT2D eigenvalue weighted by molar-refractivity contribution is 14.0. The van der Waals surface area contributed by atoms with Crippen molar-refractivity contribution in [1.82, 2.24) is 10.2 Å². The van der Waals surface area contributed by atoms with Crippen LogP contribution >= 0.6 is 24.0 Å². The minimum Gasteiger partial charge on any atom is -0.357 e. The summed E-state index contributed by atoms with van der Waals surface area (Å²) in [4.78, 5) is 7.17. The lowest BCUT2D eigenvalue weighted by molar-refractivity contribution is 0.376. The molecule has 7 heteroatoms. The van der Waals surface area contributed by atoms with Crippen LogP contribution in [0, 0.1) is 0 Å². The highest BCUT2D eigenvalue weighted by Gasteiger charge is 2.18. The molecule has 5 nitrogen and oxygen atoms in total. The number of sulfone groups is 1. The molecule has 0 unspecified atom stereocenters. The van der Waals surface area contributed by atoms with E-state index in [1.54, 1.807) is 24.3 Å². The third-order valence-electron chi connectivity index (χ3n) is 4.93. The summed E-state index contributed by atoms with van der Waals surface area (Å²) in [6.45, 7) is 4.81. The van der Waals surface area contributed by atoms with Crippen LogP contribution in [0.1, 0.15) is 25.3 Å². The van der Waals surface area contributed by atoms with Crippen LogP contribution in [0.25, 0.3) is 6.08 Å². The Morgan fingerprint density at radius 3 is 2.23 bits per heavy atom. The zero-order valence-corrected chi connectivity index (χ0v) is 20.5. The van der Waals surface area contributed by atoms with Crippen LogP contribution in [0.3, 0.4) is 0 Å². The van der Waals surface area contributed by atoms with E-state index in [9.17, 15) is 8.42 Å². The second kappa shape index (κ2) is 12.1. The number of benzene rings is 2. The molecule has 1 aliphatic rings. The van der Waals surface area contributed by atoms with Crippen molar-refractivity contribution in [3.63, 3.8) is 0 Å². The molecule has 1 N–H and O–H groups in total. The smallest absolute Gasteiger partial charge is 0.193 e. The summed E-state index contributed by atoms with van der Waals surface area (Å²) in [7, 11) is -3.31. The normalized spacial score (nSPS) is 14.8. The SMILES string of the molecule is CCNC(=NCCS(=O)(=O)c1ccccc1)N1CCC(=Cc2ccccc2)CC1.I. The first-order chi connectivity index (χ1) is 14.1. The number of piperidine rings is 1. The molecule has 0 radical (unpaired) electrons. The largest absolute Gasteiger partial charge is 0.357 e. The number of nitrogens with zero attached hydrogens (tertiary/aromatic N) is 2. The lowest BCUT2D eigenvalue weighted by atomic mass is 10.0. The summed E-state index contributed by atoms with van der Waals surface area (Å²) >= 11 is 0. The maximum absolute atomic E-state index is 12.5. The molecule has 1 fully saturated rings. The van der Waals surface area contributed by atoms with Gasteiger partial charge in [0.2, 0.25) is 0 Å². The highest BCUT2D eigenvalue weighted by Crippen LogP contribution is 2.19. The molecule has 162 valence electrons. The Morgan fingerprint density at radius 1 is 1.03 bits per heavy atom. The molecule has 0 saturated carbocycles. The van der Waals surface area contributed by atoms with Gasteiger partial charge in [-0.2, -0.15) is 0 Å². The molecular weight excluding hydrogens is 509 g/mol. The molecule has 0 spiro atoms. The van der Waals surface area contributed by atoms with Crippen LogP contribution in [0.4, 0.5) is 0 Å². The van der Waals surface area contributed by atoms with Gasteiger partial charge in [-0.15, -0.1) is 24.0 Å². The Kier molecular flexibility index (Phi) is 9.84. The average Bonchev–Trinajstić information content (AvgIpc) is 2.75. The Morgan fingerprint density at radius 2 is 1.63 bits per heavy atom. The van der Waals surface area contributed by atoms with Gasteiger partial charge in [0.05, 0.1) is 17.2 Å². The van der Waals surface area contributed by atoms with Crippen molar-refractivity contribution in [2.24, 2.45) is 4.99 Å². The molecule has 0 aromatic heterocycles. The Bertz CT molecular complexity index is 935. The van der Waals surface area contributed by atoms with E-state index < -0.39 is 9.84 Å². The number of guanidine groups is 1. The fourth-order valence-electron chi connectivity index (χ4n) is 3.38. The van der Waals surface area contributed by atoms with Crippen LogP contribution in [-0.4, -0.2) is 51.2 Å². The summed E-state index contributed by atoms with van der Waals surface area (Å²) in [5, 5.41) is 3.30. The fourth-order valence-corrected chi connectivity index (χ4v) is 4.52. The van der Waals surface area contributed by atoms with Gasteiger partial charge < -0.3 is 10.2 Å². The number of likely N-dealkylation sites (tertiary alicyclic amines) is 1. The van der Waals surface area contributed by atoms with Gasteiger partial charge >= 0.3 is 0 Å². The van der Waals surface area contributed by atoms with Gasteiger partial charge in [0.15, 0.2) is 15.8 Å². The molecule has 30 heavy (non-hydrogen) atoms. The summed E-state index contributed by atoms with van der Waals surface area (Å²) in [6, 6.07) is 19.0. The molecular formula is C23H30IN3O2S. The van der Waals surface area contributed by atoms with Crippen molar-refractivity contribution in [1.29, 1.82) is 0 Å². The maximum Gasteiger partial charge on any atom is 0.193 e. The molecule has 3 rings (SSSR count). The molecule has 1 aliphatic heterocycles. The number of hydrogen-bond donors (Lipinski definition) is 1. The Balaban J connectivity index is 0.00000320. The lowest BCUT2D eigenvalue weighted by Crippen LogP contribution is -2.44. The van der Waals surface area contributed by atoms with E-state index in [4.69, 9.17) is 0 Å². The van der Waals surface area contributed by atoms with Crippen LogP contribution < -0.4 is 5.32 Å². The van der Waals surface area contributed by atoms with Gasteiger partial charge in [0.1, 0.15) is 0 Å². The van der Waals surface area contributed by atoms with Crippen LogP contribution in [0.5, 0.6) is 0 Å². The van der Waals surface area contributed by atoms with Gasteiger partial charge in [-0.1, -0.05) is 60.2 Å². The van der Waals surface area contributed by atoms with Crippen molar-refractivity contribution in [2.45, 2.75) is 24.7 Å². The predicted molar refractivity (Wildman–Crippen MR) is 135 cm³/mol. The van der Waals surface area contributed by atoms with Crippen LogP contribution in [0.2, 0.25) is 0 Å². The van der Waals surface area contributed by atoms with Gasteiger partial charge in [-0.3, -0.25) is 4.99 Å². The van der Waals surface area contributed by atoms with Crippen molar-refractivity contribution in [3.05, 3.63) is 71.8 Å². The van der Waals surface area contributed by atoms with Gasteiger partial charge in [0.25, 0.3) is 0 Å². The van der Waals surface area contributed by atoms with E-state index in [1.165, 1.54) is 11.1 Å². The number of hydrogen-bond acceptors (Lipinski definition) is 3. The molecule has 0 bridgehead atoms. The first-order valence-electron chi connectivity index (χ1n) is 10.1. The monoisotopic (exact) mass is 539 g/mol. The first-order valence-corrected chi connectivity index (χ1v) is 11.8. The molecule has 0 amide bonds. The molecule has 1 heterocycles. The van der Waals surface area contributed by atoms with E-state index in [2.05, 4.69) is 45.6 Å². The third kappa shape index (κ3) is 7.12. The number of rotatable bonds is 6. The minimum atomic E-state index is -3.31. The van der Waals surface area contributed by atoms with Gasteiger partial charge in [-0.05, 0) is 37.5 Å². The number of aliphatic imine (C=N–C) groups is 1. The van der Waals surface area contributed by atoms with E-state index in [0.29, 0.717) is 4.90 Å². The van der Waals surface area contributed by atoms with Crippen LogP contribution in [-0.2, 0) is 9.84 Å². The molecule has 2 aromatic rings. The summed E-state index contributed by atoms with van der Waals surface area (Å²) < 4.78 is 24.9. The minimum absolute atomic E-state index is 0. The van der Waals surface area contributed by atoms with Crippen LogP contribution in [0.15, 0.2) is 76.1 Å². The molecule has 2 aromatic carbocycles. The third-order valence-corrected chi connectivity index (χ3v) is 6.64. The van der Waals surface area contributed by atoms with Gasteiger partial charge in [0, 0.05) is 19.6 Å². The molecule has 0 aliphatic carbocycles. The first kappa shape index (κ1) is 24.4. The van der Waals surface area contributed by atoms with E-state index in [0.717, 1.165) is 38.4 Å². The second-order valence-electron chi connectivity index (χ2n) is 7.07. The topological polar surface area (TPSA) is 61.8 Å². The van der Waals surface area contributed by atoms with Crippen molar-refractivity contribution < 1.29 is 8.42 Å². The highest BCUT2D eigenvalue weighted by atomic mass is 127. The van der Waals surface area contributed by atoms with E-state index >= 15 is 0 Å². The van der Waals surface area contributed by atoms with Crippen molar-refractivity contribution in [2.75, 3.05) is 31.9 Å². The number of halogens is 1. The van der Waals surface area contributed by atoms with E-state index in [-0.39, 0.29) is 36.3 Å². The predicted octanol–water partition coefficient (Wildman–Crippen LogP) is 4.22. The van der Waals surface area contributed by atoms with Crippen molar-refractivity contribution >= 4 is 45.8 Å². The average molecular weight is 539 g/mol. The lowest BCUT2D eigenvalue weighted by Gasteiger charge is -2.31. The van der Waals surface area contributed by atoms with E-state index in [1.807, 2.05) is 19.1 Å². The Hall–Kier alpha value is -1.87. The fraction of sp³-hybridized carbons (Fsp3) is 0.348. The second-order valence-corrected chi connectivity index (χ2v) is 9.18. The summed E-state index contributed by atoms with van der Waals surface area (Å²) in [5.74, 6) is 0.813. The summed E-state index contributed by atoms with van der Waals surface area (Å²) in [5.41, 5.74) is 2.68. The zero-order chi connectivity index (χ0) is 20.5. The van der Waals surface area contributed by atoms with Crippen molar-refractivity contribution in [3.8, 4) is 0 Å². The summed E-state index contributed by atoms with van der Waals surface area (Å²) in [6.07, 6.45) is 4.25. The maximum atomic E-state index is 12.5. The number of nitrogens with one attached hydrogen (secondary N) is 1. The quantitative estimate of drug-likeness (QED) is 0.339. The molecule has 0 atom stereocenters. The zero-order valence-electron chi connectivity index (χ0n) is 17.3. The Labute approximate surface area is 197 Å². The van der Waals surface area contributed by atoms with Gasteiger partial charge in [-0.25, -0.2) is 8.42 Å². The molecule has 1 saturated heterocycles. The standard InChI is InChI=1S/C23H29N3O2S.HI/c1-2-24-23(25-15-18-29(27,28)22-11-7-4-8-12-22)26-16-13-21(14-17-26)19-20-9-5-3-6-10-20;/h3-12,19H,2,13-18H2,1H3,(H,24,25);1H.